The zero-order valence-corrected chi connectivity index (χ0v) is 28.4. The third-order valence-corrected chi connectivity index (χ3v) is 8.64. The Morgan fingerprint density at radius 2 is 1.70 bits per heavy atom. The van der Waals surface area contributed by atoms with Crippen LogP contribution in [-0.4, -0.2) is 71.9 Å². The van der Waals surface area contributed by atoms with Gasteiger partial charge in [0.05, 0.1) is 0 Å². The molecule has 254 valence electrons. The number of carbonyl (C=O) groups excluding carboxylic acids is 5. The fraction of sp³-hybridized carbons (Fsp3) is 0.486. The number of hydrogen-bond acceptors (Lipinski definition) is 6. The molecule has 47 heavy (non-hydrogen) atoms. The van der Waals surface area contributed by atoms with Gasteiger partial charge in [0.25, 0.3) is 11.8 Å². The lowest BCUT2D eigenvalue weighted by atomic mass is 9.95. The van der Waals surface area contributed by atoms with Crippen molar-refractivity contribution >= 4 is 46.9 Å². The summed E-state index contributed by atoms with van der Waals surface area (Å²) in [6, 6.07) is 17.4. The van der Waals surface area contributed by atoms with Crippen LogP contribution in [0.5, 0.6) is 0 Å². The van der Waals surface area contributed by atoms with Gasteiger partial charge < -0.3 is 30.6 Å². The normalized spacial score (nSPS) is 18.2. The largest absolute Gasteiger partial charge is 0.388 e. The molecule has 1 aliphatic carbocycles. The average Bonchev–Trinajstić information content (AvgIpc) is 3.70. The molecule has 3 amide bonds. The number of aryl methyl sites for hydroxylation is 1. The molecule has 2 heterocycles. The molecular weight excluding hydrogens is 594 g/mol. The van der Waals surface area contributed by atoms with Crippen LogP contribution in [-0.2, 0) is 19.2 Å². The molecule has 2 aliphatic rings. The molecule has 1 saturated heterocycles. The zero-order valence-electron chi connectivity index (χ0n) is 28.4. The van der Waals surface area contributed by atoms with E-state index in [1.807, 2.05) is 89.3 Å². The van der Waals surface area contributed by atoms with E-state index in [0.717, 1.165) is 41.3 Å². The predicted molar refractivity (Wildman–Crippen MR) is 186 cm³/mol. The van der Waals surface area contributed by atoms with E-state index >= 15 is 0 Å². The van der Waals surface area contributed by atoms with E-state index in [-0.39, 0.29) is 35.7 Å². The van der Waals surface area contributed by atoms with E-state index in [0.29, 0.717) is 31.4 Å². The summed E-state index contributed by atoms with van der Waals surface area (Å²) in [7, 11) is 1.91. The second-order valence-corrected chi connectivity index (χ2v) is 12.9. The number of H-pyrrole nitrogens is 1. The zero-order chi connectivity index (χ0) is 34.3. The number of rotatable bonds is 9. The van der Waals surface area contributed by atoms with Crippen molar-refractivity contribution in [3.8, 4) is 0 Å². The Labute approximate surface area is 278 Å². The van der Waals surface area contributed by atoms with Gasteiger partial charge in [0, 0.05) is 48.2 Å². The van der Waals surface area contributed by atoms with Crippen molar-refractivity contribution in [1.82, 2.24) is 20.5 Å². The van der Waals surface area contributed by atoms with Crippen LogP contribution in [0.25, 0.3) is 10.9 Å². The first-order valence-corrected chi connectivity index (χ1v) is 16.7. The van der Waals surface area contributed by atoms with Crippen LogP contribution in [0.1, 0.15) is 81.8 Å². The first-order valence-electron chi connectivity index (χ1n) is 16.7. The number of nitrogens with zero attached hydrogens (tertiary/aromatic N) is 1. The Kier molecular flexibility index (Phi) is 14.7. The van der Waals surface area contributed by atoms with Gasteiger partial charge in [0.15, 0.2) is 0 Å². The molecule has 0 radical (unpaired) electrons. The van der Waals surface area contributed by atoms with Crippen molar-refractivity contribution in [2.45, 2.75) is 90.8 Å². The highest BCUT2D eigenvalue weighted by Crippen LogP contribution is 2.24. The molecule has 2 fully saturated rings. The van der Waals surface area contributed by atoms with E-state index in [9.17, 15) is 24.0 Å². The first-order chi connectivity index (χ1) is 22.6. The van der Waals surface area contributed by atoms with Gasteiger partial charge in [-0.05, 0) is 75.3 Å². The summed E-state index contributed by atoms with van der Waals surface area (Å²) in [5, 5.41) is 9.62. The smallest absolute Gasteiger partial charge is 0.284 e. The molecule has 4 N–H and O–H groups in total. The Hall–Kier alpha value is -4.47. The molecule has 10 nitrogen and oxygen atoms in total. The highest BCUT2D eigenvalue weighted by molar-refractivity contribution is 6.23. The minimum absolute atomic E-state index is 0.00462. The van der Waals surface area contributed by atoms with Crippen molar-refractivity contribution < 1.29 is 24.0 Å². The predicted octanol–water partition coefficient (Wildman–Crippen LogP) is 5.42. The molecule has 2 aromatic carbocycles. The topological polar surface area (TPSA) is 140 Å². The summed E-state index contributed by atoms with van der Waals surface area (Å²) < 4.78 is 0. The van der Waals surface area contributed by atoms with Crippen LogP contribution in [0, 0.1) is 18.8 Å². The summed E-state index contributed by atoms with van der Waals surface area (Å²) in [6.07, 6.45) is 8.15. The number of para-hydroxylation sites is 1. The van der Waals surface area contributed by atoms with Crippen LogP contribution in [0.4, 0.5) is 5.69 Å². The summed E-state index contributed by atoms with van der Waals surface area (Å²) in [6.45, 7) is 8.44. The second-order valence-electron chi connectivity index (χ2n) is 12.9. The van der Waals surface area contributed by atoms with Crippen molar-refractivity contribution in [1.29, 1.82) is 0 Å². The number of hydrogen-bond donors (Lipinski definition) is 4. The third kappa shape index (κ3) is 11.4. The lowest BCUT2D eigenvalue weighted by Gasteiger charge is -2.28. The standard InChI is InChI=1S/C22H29N3O3.C8H13NO2.C7H9N/c1-13(2)8-20(22(28)25-11-16(12-26)9-15(25)4)24-21(27)19-10-17-14(3)6-5-7-18(17)23-19;10-6-8(11)9-7-4-2-1-3-5-7;1-8-7-5-3-2-4-6-7/h5-7,10,12-13,15-16,20,23H,8-9,11H2,1-4H3,(H,24,27);6-7H,1-5H2,(H,9,11);2-6,8H,1H3. The first kappa shape index (κ1) is 37.0. The number of aromatic amines is 1. The molecule has 0 spiro atoms. The third-order valence-electron chi connectivity index (χ3n) is 8.64. The minimum atomic E-state index is -0.604. The number of carbonyl (C=O) groups is 5. The van der Waals surface area contributed by atoms with E-state index in [4.69, 9.17) is 0 Å². The number of fused-ring (bicyclic) bond motifs is 1. The van der Waals surface area contributed by atoms with Crippen molar-refractivity contribution in [2.24, 2.45) is 11.8 Å². The quantitative estimate of drug-likeness (QED) is 0.181. The van der Waals surface area contributed by atoms with E-state index in [1.165, 1.54) is 19.3 Å². The summed E-state index contributed by atoms with van der Waals surface area (Å²) in [5.74, 6) is -0.735. The molecule has 10 heteroatoms. The average molecular weight is 646 g/mol. The van der Waals surface area contributed by atoms with Gasteiger partial charge in [-0.25, -0.2) is 0 Å². The minimum Gasteiger partial charge on any atom is -0.388 e. The fourth-order valence-corrected chi connectivity index (χ4v) is 6.12. The maximum atomic E-state index is 13.1. The fourth-order valence-electron chi connectivity index (χ4n) is 6.12. The van der Waals surface area contributed by atoms with Gasteiger partial charge in [-0.15, -0.1) is 0 Å². The van der Waals surface area contributed by atoms with Gasteiger partial charge in [-0.3, -0.25) is 19.2 Å². The van der Waals surface area contributed by atoms with Gasteiger partial charge in [0.2, 0.25) is 12.2 Å². The number of aromatic nitrogens is 1. The molecule has 3 unspecified atom stereocenters. The lowest BCUT2D eigenvalue weighted by molar-refractivity contribution is -0.134. The SMILES string of the molecule is CNc1ccccc1.Cc1cccc2[nH]c(C(=O)NC(CC(C)C)C(=O)N3CC(C=O)CC3C)cc12.O=CC(=O)NC1CCCCC1. The molecular formula is C37H51N5O5. The Balaban J connectivity index is 0.000000256. The molecule has 1 aliphatic heterocycles. The van der Waals surface area contributed by atoms with Crippen molar-refractivity contribution in [3.63, 3.8) is 0 Å². The Morgan fingerprint density at radius 1 is 1.00 bits per heavy atom. The number of likely N-dealkylation sites (tertiary alicyclic amines) is 1. The van der Waals surface area contributed by atoms with Crippen LogP contribution < -0.4 is 16.0 Å². The van der Waals surface area contributed by atoms with Crippen LogP contribution in [0.2, 0.25) is 0 Å². The molecule has 3 atom stereocenters. The Bertz CT molecular complexity index is 1460. The van der Waals surface area contributed by atoms with E-state index in [1.54, 1.807) is 4.90 Å². The van der Waals surface area contributed by atoms with E-state index < -0.39 is 11.9 Å². The molecule has 1 saturated carbocycles. The molecule has 1 aromatic heterocycles. The van der Waals surface area contributed by atoms with Gasteiger partial charge in [-0.2, -0.15) is 0 Å². The van der Waals surface area contributed by atoms with E-state index in [2.05, 4.69) is 20.9 Å². The van der Waals surface area contributed by atoms with Crippen LogP contribution >= 0.6 is 0 Å². The number of anilines is 1. The maximum absolute atomic E-state index is 13.1. The van der Waals surface area contributed by atoms with Gasteiger partial charge in [-0.1, -0.05) is 63.4 Å². The molecule has 5 rings (SSSR count). The van der Waals surface area contributed by atoms with Crippen molar-refractivity contribution in [2.75, 3.05) is 18.9 Å². The molecule has 3 aromatic rings. The number of amides is 3. The number of benzene rings is 2. The van der Waals surface area contributed by atoms with Crippen molar-refractivity contribution in [3.05, 3.63) is 65.9 Å². The second kappa shape index (κ2) is 18.6. The monoisotopic (exact) mass is 645 g/mol. The summed E-state index contributed by atoms with van der Waals surface area (Å²) in [5.41, 5.74) is 3.60. The van der Waals surface area contributed by atoms with Crippen LogP contribution in [0.15, 0.2) is 54.6 Å². The summed E-state index contributed by atoms with van der Waals surface area (Å²) >= 11 is 0. The maximum Gasteiger partial charge on any atom is 0.284 e. The number of nitrogens with one attached hydrogen (secondary N) is 4. The summed E-state index contributed by atoms with van der Waals surface area (Å²) in [4.78, 5) is 62.6. The number of aldehydes is 2. The van der Waals surface area contributed by atoms with Crippen LogP contribution in [0.3, 0.4) is 0 Å². The highest BCUT2D eigenvalue weighted by atomic mass is 16.2. The highest BCUT2D eigenvalue weighted by Gasteiger charge is 2.36. The van der Waals surface area contributed by atoms with Gasteiger partial charge in [0.1, 0.15) is 18.0 Å². The molecule has 0 bridgehead atoms. The van der Waals surface area contributed by atoms with Gasteiger partial charge >= 0.3 is 0 Å². The Morgan fingerprint density at radius 3 is 2.26 bits per heavy atom. The lowest BCUT2D eigenvalue weighted by Crippen LogP contribution is -2.50.